The van der Waals surface area contributed by atoms with E-state index >= 15 is 0 Å². The molecule has 1 aromatic rings. The normalized spacial score (nSPS) is 10.3. The fraction of sp³-hybridized carbons (Fsp3) is 0.545. The maximum atomic E-state index is 10.9. The standard InChI is InChI=1S/C11H15N3O2S/c1-7(2)14(6-4-5-12)11-13-8(3)9(17-11)10(15)16/h7H,4,6H2,1-3H3,(H,15,16). The predicted octanol–water partition coefficient (Wildman–Crippen LogP) is 2.28. The van der Waals surface area contributed by atoms with E-state index in [1.54, 1.807) is 6.92 Å². The van der Waals surface area contributed by atoms with Crippen LogP contribution < -0.4 is 4.90 Å². The van der Waals surface area contributed by atoms with E-state index in [4.69, 9.17) is 10.4 Å². The highest BCUT2D eigenvalue weighted by atomic mass is 32.1. The molecule has 0 saturated heterocycles. The van der Waals surface area contributed by atoms with E-state index in [0.29, 0.717) is 23.8 Å². The summed E-state index contributed by atoms with van der Waals surface area (Å²) in [4.78, 5) is 17.4. The van der Waals surface area contributed by atoms with Gasteiger partial charge >= 0.3 is 5.97 Å². The molecule has 92 valence electrons. The van der Waals surface area contributed by atoms with E-state index in [2.05, 4.69) is 11.1 Å². The quantitative estimate of drug-likeness (QED) is 0.871. The van der Waals surface area contributed by atoms with Gasteiger partial charge in [-0.2, -0.15) is 5.26 Å². The van der Waals surface area contributed by atoms with E-state index in [1.807, 2.05) is 18.7 Å². The molecule has 0 atom stereocenters. The van der Waals surface area contributed by atoms with Crippen LogP contribution in [0.15, 0.2) is 0 Å². The van der Waals surface area contributed by atoms with E-state index in [-0.39, 0.29) is 10.9 Å². The van der Waals surface area contributed by atoms with Crippen molar-refractivity contribution in [1.82, 2.24) is 4.98 Å². The van der Waals surface area contributed by atoms with Gasteiger partial charge in [-0.1, -0.05) is 11.3 Å². The lowest BCUT2D eigenvalue weighted by atomic mass is 10.3. The molecule has 0 saturated carbocycles. The number of aryl methyl sites for hydroxylation is 1. The van der Waals surface area contributed by atoms with E-state index in [1.165, 1.54) is 0 Å². The largest absolute Gasteiger partial charge is 0.477 e. The predicted molar refractivity (Wildman–Crippen MR) is 66.5 cm³/mol. The second kappa shape index (κ2) is 5.64. The lowest BCUT2D eigenvalue weighted by molar-refractivity contribution is 0.0701. The van der Waals surface area contributed by atoms with Crippen molar-refractivity contribution in [3.05, 3.63) is 10.6 Å². The number of rotatable bonds is 5. The minimum Gasteiger partial charge on any atom is -0.477 e. The Balaban J connectivity index is 2.99. The highest BCUT2D eigenvalue weighted by Gasteiger charge is 2.19. The first-order valence-corrected chi connectivity index (χ1v) is 6.13. The molecule has 6 heteroatoms. The minimum absolute atomic E-state index is 0.190. The highest BCUT2D eigenvalue weighted by Crippen LogP contribution is 2.27. The zero-order valence-corrected chi connectivity index (χ0v) is 10.9. The number of aromatic nitrogens is 1. The second-order valence-electron chi connectivity index (χ2n) is 3.91. The number of hydrogen-bond donors (Lipinski definition) is 1. The molecule has 0 spiro atoms. The molecule has 0 aliphatic heterocycles. The molecular formula is C11H15N3O2S. The van der Waals surface area contributed by atoms with Gasteiger partial charge in [0.25, 0.3) is 0 Å². The molecule has 5 nitrogen and oxygen atoms in total. The van der Waals surface area contributed by atoms with Crippen LogP contribution in [0.4, 0.5) is 5.13 Å². The van der Waals surface area contributed by atoms with Gasteiger partial charge in [0.1, 0.15) is 4.88 Å². The van der Waals surface area contributed by atoms with Gasteiger partial charge in [-0.05, 0) is 20.8 Å². The summed E-state index contributed by atoms with van der Waals surface area (Å²) in [5.41, 5.74) is 0.528. The summed E-state index contributed by atoms with van der Waals surface area (Å²) in [6.45, 7) is 6.25. The highest BCUT2D eigenvalue weighted by molar-refractivity contribution is 7.17. The monoisotopic (exact) mass is 253 g/mol. The fourth-order valence-corrected chi connectivity index (χ4v) is 2.51. The smallest absolute Gasteiger partial charge is 0.347 e. The van der Waals surface area contributed by atoms with Gasteiger partial charge in [0.2, 0.25) is 0 Å². The summed E-state index contributed by atoms with van der Waals surface area (Å²) in [5, 5.41) is 18.3. The number of carbonyl (C=O) groups is 1. The summed E-state index contributed by atoms with van der Waals surface area (Å²) < 4.78 is 0. The van der Waals surface area contributed by atoms with Crippen molar-refractivity contribution < 1.29 is 9.90 Å². The molecule has 0 amide bonds. The third kappa shape index (κ3) is 3.17. The Morgan fingerprint density at radius 3 is 2.71 bits per heavy atom. The van der Waals surface area contributed by atoms with Crippen LogP contribution in [-0.4, -0.2) is 28.6 Å². The molecule has 0 aromatic carbocycles. The minimum atomic E-state index is -0.949. The molecule has 0 aliphatic rings. The van der Waals surface area contributed by atoms with Gasteiger partial charge in [0, 0.05) is 12.6 Å². The Morgan fingerprint density at radius 1 is 1.65 bits per heavy atom. The van der Waals surface area contributed by atoms with Crippen LogP contribution in [0.2, 0.25) is 0 Å². The van der Waals surface area contributed by atoms with Crippen LogP contribution in [0, 0.1) is 18.3 Å². The molecule has 1 N–H and O–H groups in total. The van der Waals surface area contributed by atoms with E-state index < -0.39 is 5.97 Å². The number of thiazole rings is 1. The summed E-state index contributed by atoms with van der Waals surface area (Å²) >= 11 is 1.16. The van der Waals surface area contributed by atoms with Gasteiger partial charge in [-0.15, -0.1) is 0 Å². The van der Waals surface area contributed by atoms with Gasteiger partial charge in [-0.3, -0.25) is 0 Å². The van der Waals surface area contributed by atoms with Crippen LogP contribution in [-0.2, 0) is 0 Å². The van der Waals surface area contributed by atoms with Crippen molar-refractivity contribution in [3.63, 3.8) is 0 Å². The first-order valence-electron chi connectivity index (χ1n) is 5.31. The van der Waals surface area contributed by atoms with Gasteiger partial charge in [-0.25, -0.2) is 9.78 Å². The van der Waals surface area contributed by atoms with Gasteiger partial charge < -0.3 is 10.0 Å². The Labute approximate surface area is 104 Å². The average molecular weight is 253 g/mol. The number of anilines is 1. The maximum absolute atomic E-state index is 10.9. The van der Waals surface area contributed by atoms with Gasteiger partial charge in [0.15, 0.2) is 5.13 Å². The van der Waals surface area contributed by atoms with Crippen LogP contribution in [0.25, 0.3) is 0 Å². The van der Waals surface area contributed by atoms with Crippen LogP contribution >= 0.6 is 11.3 Å². The third-order valence-corrected chi connectivity index (χ3v) is 3.50. The molecule has 0 unspecified atom stereocenters. The van der Waals surface area contributed by atoms with Crippen molar-refractivity contribution >= 4 is 22.4 Å². The first-order chi connectivity index (χ1) is 7.97. The summed E-state index contributed by atoms with van der Waals surface area (Å²) in [6.07, 6.45) is 0.402. The third-order valence-electron chi connectivity index (χ3n) is 2.31. The lowest BCUT2D eigenvalue weighted by Gasteiger charge is -2.24. The number of carboxylic acids is 1. The Morgan fingerprint density at radius 2 is 2.29 bits per heavy atom. The molecule has 17 heavy (non-hydrogen) atoms. The molecule has 0 radical (unpaired) electrons. The molecule has 1 aromatic heterocycles. The molecule has 1 rings (SSSR count). The zero-order valence-electron chi connectivity index (χ0n) is 10.1. The summed E-state index contributed by atoms with van der Waals surface area (Å²) in [5.74, 6) is -0.949. The van der Waals surface area contributed by atoms with Crippen molar-refractivity contribution in [3.8, 4) is 6.07 Å². The fourth-order valence-electron chi connectivity index (χ4n) is 1.45. The Hall–Kier alpha value is -1.61. The van der Waals surface area contributed by atoms with Crippen LogP contribution in [0.1, 0.15) is 35.6 Å². The number of hydrogen-bond acceptors (Lipinski definition) is 5. The number of nitrogens with zero attached hydrogens (tertiary/aromatic N) is 3. The number of nitriles is 1. The zero-order chi connectivity index (χ0) is 13.0. The van der Waals surface area contributed by atoms with Crippen molar-refractivity contribution in [2.24, 2.45) is 0 Å². The lowest BCUT2D eigenvalue weighted by Crippen LogP contribution is -2.31. The molecule has 0 fully saturated rings. The van der Waals surface area contributed by atoms with E-state index in [0.717, 1.165) is 11.3 Å². The summed E-state index contributed by atoms with van der Waals surface area (Å²) in [6, 6.07) is 2.28. The Bertz CT molecular complexity index is 448. The SMILES string of the molecule is Cc1nc(N(CCC#N)C(C)C)sc1C(=O)O. The van der Waals surface area contributed by atoms with Crippen molar-refractivity contribution in [2.75, 3.05) is 11.4 Å². The molecule has 0 bridgehead atoms. The summed E-state index contributed by atoms with van der Waals surface area (Å²) in [7, 11) is 0. The maximum Gasteiger partial charge on any atom is 0.347 e. The average Bonchev–Trinajstić information content (AvgIpc) is 2.60. The molecule has 1 heterocycles. The molecule has 0 aliphatic carbocycles. The van der Waals surface area contributed by atoms with Gasteiger partial charge in [0.05, 0.1) is 18.2 Å². The van der Waals surface area contributed by atoms with E-state index in [9.17, 15) is 4.79 Å². The van der Waals surface area contributed by atoms with Crippen LogP contribution in [0.3, 0.4) is 0 Å². The first kappa shape index (κ1) is 13.5. The molecular weight excluding hydrogens is 238 g/mol. The second-order valence-corrected chi connectivity index (χ2v) is 4.89. The number of aromatic carboxylic acids is 1. The topological polar surface area (TPSA) is 77.2 Å². The van der Waals surface area contributed by atoms with Crippen molar-refractivity contribution in [2.45, 2.75) is 33.2 Å². The van der Waals surface area contributed by atoms with Crippen LogP contribution in [0.5, 0.6) is 0 Å². The Kier molecular flexibility index (Phi) is 4.46. The number of carboxylic acid groups (broad SMARTS) is 1. The van der Waals surface area contributed by atoms with Crippen molar-refractivity contribution in [1.29, 1.82) is 5.26 Å².